The monoisotopic (exact) mass is 223 g/mol. The fourth-order valence-corrected chi connectivity index (χ4v) is 2.00. The fourth-order valence-electron chi connectivity index (χ4n) is 2.00. The van der Waals surface area contributed by atoms with Gasteiger partial charge in [-0.3, -0.25) is 9.48 Å². The smallest absolute Gasteiger partial charge is 0.188 e. The van der Waals surface area contributed by atoms with E-state index in [1.54, 1.807) is 16.9 Å². The molecule has 1 rings (SSSR count). The summed E-state index contributed by atoms with van der Waals surface area (Å²) < 4.78 is 1.73. The number of rotatable bonds is 6. The highest BCUT2D eigenvalue weighted by Gasteiger charge is 2.35. The van der Waals surface area contributed by atoms with E-state index in [2.05, 4.69) is 5.10 Å². The van der Waals surface area contributed by atoms with E-state index >= 15 is 0 Å². The average Bonchev–Trinajstić information content (AvgIpc) is 2.79. The first-order valence-electron chi connectivity index (χ1n) is 5.91. The maximum Gasteiger partial charge on any atom is 0.188 e. The minimum absolute atomic E-state index is 0.124. The Balaban J connectivity index is 3.08. The Morgan fingerprint density at radius 2 is 2.06 bits per heavy atom. The summed E-state index contributed by atoms with van der Waals surface area (Å²) in [5, 5.41) is 4.13. The van der Waals surface area contributed by atoms with E-state index in [0.717, 1.165) is 12.8 Å². The van der Waals surface area contributed by atoms with Crippen LogP contribution in [0.25, 0.3) is 0 Å². The number of aromatic nitrogens is 2. The van der Waals surface area contributed by atoms with E-state index in [9.17, 15) is 4.79 Å². The number of nitrogens with two attached hydrogens (primary N) is 1. The molecule has 0 saturated carbocycles. The van der Waals surface area contributed by atoms with Crippen molar-refractivity contribution in [3.63, 3.8) is 0 Å². The van der Waals surface area contributed by atoms with E-state index in [4.69, 9.17) is 5.73 Å². The number of hydrogen-bond donors (Lipinski definition) is 1. The summed E-state index contributed by atoms with van der Waals surface area (Å²) in [5.41, 5.74) is 6.03. The molecule has 0 aliphatic carbocycles. The van der Waals surface area contributed by atoms with Crippen LogP contribution in [0, 0.1) is 5.41 Å². The van der Waals surface area contributed by atoms with E-state index < -0.39 is 5.41 Å². The van der Waals surface area contributed by atoms with Gasteiger partial charge in [-0.25, -0.2) is 0 Å². The number of carbonyl (C=O) groups excluding carboxylic acids is 1. The van der Waals surface area contributed by atoms with Gasteiger partial charge >= 0.3 is 0 Å². The Labute approximate surface area is 96.8 Å². The number of hydrogen-bond acceptors (Lipinski definition) is 3. The minimum atomic E-state index is -0.424. The van der Waals surface area contributed by atoms with Gasteiger partial charge < -0.3 is 5.73 Å². The topological polar surface area (TPSA) is 60.9 Å². The zero-order valence-electron chi connectivity index (χ0n) is 10.4. The standard InChI is InChI=1S/C12H21N3O/c1-4-12(5-2,9-13)11(16)10-7-8-14-15(10)6-3/h7-8H,4-6,9,13H2,1-3H3. The Hall–Kier alpha value is -1.16. The molecule has 90 valence electrons. The van der Waals surface area contributed by atoms with Gasteiger partial charge in [-0.2, -0.15) is 5.10 Å². The summed E-state index contributed by atoms with van der Waals surface area (Å²) in [7, 11) is 0. The summed E-state index contributed by atoms with van der Waals surface area (Å²) in [6.07, 6.45) is 3.21. The molecule has 0 saturated heterocycles. The average molecular weight is 223 g/mol. The van der Waals surface area contributed by atoms with Crippen LogP contribution in [-0.2, 0) is 6.54 Å². The molecule has 0 unspecified atom stereocenters. The molecule has 0 radical (unpaired) electrons. The molecule has 1 aromatic heterocycles. The van der Waals surface area contributed by atoms with Crippen molar-refractivity contribution >= 4 is 5.78 Å². The molecule has 0 aromatic carbocycles. The quantitative estimate of drug-likeness (QED) is 0.749. The molecule has 0 bridgehead atoms. The first kappa shape index (κ1) is 12.9. The van der Waals surface area contributed by atoms with Crippen molar-refractivity contribution in [3.8, 4) is 0 Å². The predicted molar refractivity (Wildman–Crippen MR) is 64.3 cm³/mol. The van der Waals surface area contributed by atoms with Gasteiger partial charge in [0.2, 0.25) is 0 Å². The Bertz CT molecular complexity index is 345. The highest BCUT2D eigenvalue weighted by Crippen LogP contribution is 2.29. The third-order valence-corrected chi connectivity index (χ3v) is 3.47. The lowest BCUT2D eigenvalue weighted by molar-refractivity contribution is 0.0775. The molecule has 0 fully saturated rings. The molecule has 1 heterocycles. The summed E-state index contributed by atoms with van der Waals surface area (Å²) in [6.45, 7) is 7.11. The van der Waals surface area contributed by atoms with Gasteiger partial charge in [-0.05, 0) is 25.8 Å². The second kappa shape index (κ2) is 5.25. The number of aryl methyl sites for hydroxylation is 1. The third-order valence-electron chi connectivity index (χ3n) is 3.47. The van der Waals surface area contributed by atoms with Crippen LogP contribution in [0.1, 0.15) is 44.1 Å². The van der Waals surface area contributed by atoms with Crippen molar-refractivity contribution in [1.29, 1.82) is 0 Å². The Morgan fingerprint density at radius 3 is 2.50 bits per heavy atom. The molecule has 4 heteroatoms. The first-order chi connectivity index (χ1) is 7.65. The van der Waals surface area contributed by atoms with Gasteiger partial charge in [0.05, 0.1) is 0 Å². The molecule has 0 aliphatic rings. The second-order valence-corrected chi connectivity index (χ2v) is 4.05. The van der Waals surface area contributed by atoms with Crippen molar-refractivity contribution in [3.05, 3.63) is 18.0 Å². The van der Waals surface area contributed by atoms with Crippen LogP contribution in [-0.4, -0.2) is 22.1 Å². The molecule has 0 spiro atoms. The number of Topliss-reactive ketones (excluding diaryl/α,β-unsaturated/α-hetero) is 1. The lowest BCUT2D eigenvalue weighted by Gasteiger charge is -2.28. The number of ketones is 1. The van der Waals surface area contributed by atoms with Crippen molar-refractivity contribution in [2.24, 2.45) is 11.1 Å². The van der Waals surface area contributed by atoms with E-state index in [0.29, 0.717) is 18.8 Å². The van der Waals surface area contributed by atoms with Gasteiger partial charge in [0.25, 0.3) is 0 Å². The fraction of sp³-hybridized carbons (Fsp3) is 0.667. The molecule has 0 amide bonds. The van der Waals surface area contributed by atoms with Gasteiger partial charge in [0, 0.05) is 24.7 Å². The van der Waals surface area contributed by atoms with Gasteiger partial charge in [0.15, 0.2) is 5.78 Å². The van der Waals surface area contributed by atoms with Crippen LogP contribution >= 0.6 is 0 Å². The summed E-state index contributed by atoms with van der Waals surface area (Å²) >= 11 is 0. The Morgan fingerprint density at radius 1 is 1.44 bits per heavy atom. The van der Waals surface area contributed by atoms with Crippen LogP contribution < -0.4 is 5.73 Å². The summed E-state index contributed by atoms with van der Waals surface area (Å²) in [5.74, 6) is 0.124. The third kappa shape index (κ3) is 2.02. The maximum atomic E-state index is 12.5. The van der Waals surface area contributed by atoms with Crippen molar-refractivity contribution in [1.82, 2.24) is 9.78 Å². The molecule has 4 nitrogen and oxygen atoms in total. The van der Waals surface area contributed by atoms with Crippen molar-refractivity contribution < 1.29 is 4.79 Å². The predicted octanol–water partition coefficient (Wildman–Crippen LogP) is 1.85. The first-order valence-corrected chi connectivity index (χ1v) is 5.91. The zero-order valence-corrected chi connectivity index (χ0v) is 10.4. The number of nitrogens with zero attached hydrogens (tertiary/aromatic N) is 2. The highest BCUT2D eigenvalue weighted by atomic mass is 16.1. The molecule has 2 N–H and O–H groups in total. The van der Waals surface area contributed by atoms with E-state index in [1.807, 2.05) is 20.8 Å². The summed E-state index contributed by atoms with van der Waals surface area (Å²) in [6, 6.07) is 1.78. The van der Waals surface area contributed by atoms with Crippen molar-refractivity contribution in [2.75, 3.05) is 6.54 Å². The Kier molecular flexibility index (Phi) is 4.24. The second-order valence-electron chi connectivity index (χ2n) is 4.05. The molecule has 0 atom stereocenters. The van der Waals surface area contributed by atoms with E-state index in [-0.39, 0.29) is 5.78 Å². The van der Waals surface area contributed by atoms with Gasteiger partial charge in [0.1, 0.15) is 5.69 Å². The van der Waals surface area contributed by atoms with E-state index in [1.165, 1.54) is 0 Å². The number of carbonyl (C=O) groups is 1. The molecular formula is C12H21N3O. The van der Waals surface area contributed by atoms with Crippen LogP contribution in [0.5, 0.6) is 0 Å². The van der Waals surface area contributed by atoms with Gasteiger partial charge in [-0.15, -0.1) is 0 Å². The lowest BCUT2D eigenvalue weighted by atomic mass is 9.77. The molecule has 16 heavy (non-hydrogen) atoms. The maximum absolute atomic E-state index is 12.5. The lowest BCUT2D eigenvalue weighted by Crippen LogP contribution is -2.38. The zero-order chi connectivity index (χ0) is 12.2. The minimum Gasteiger partial charge on any atom is -0.329 e. The highest BCUT2D eigenvalue weighted by molar-refractivity contribution is 5.99. The van der Waals surface area contributed by atoms with Gasteiger partial charge in [-0.1, -0.05) is 13.8 Å². The SMILES string of the molecule is CCn1nccc1C(=O)C(CC)(CC)CN. The van der Waals surface area contributed by atoms with Crippen LogP contribution in [0.4, 0.5) is 0 Å². The molecular weight excluding hydrogens is 202 g/mol. The molecule has 1 aromatic rings. The summed E-state index contributed by atoms with van der Waals surface area (Å²) in [4.78, 5) is 12.5. The van der Waals surface area contributed by atoms with Crippen molar-refractivity contribution in [2.45, 2.75) is 40.2 Å². The van der Waals surface area contributed by atoms with Crippen LogP contribution in [0.15, 0.2) is 12.3 Å². The van der Waals surface area contributed by atoms with Crippen LogP contribution in [0.3, 0.4) is 0 Å². The molecule has 0 aliphatic heterocycles. The largest absolute Gasteiger partial charge is 0.329 e. The normalized spacial score (nSPS) is 11.8. The van der Waals surface area contributed by atoms with Crippen LogP contribution in [0.2, 0.25) is 0 Å².